The maximum absolute atomic E-state index is 6.08. The van der Waals surface area contributed by atoms with Gasteiger partial charge in [-0.25, -0.2) is 9.97 Å². The largest absolute Gasteiger partial charge is 0.496 e. The molecular formula is C22H25N5O3. The Morgan fingerprint density at radius 3 is 2.90 bits per heavy atom. The number of aryl methyl sites for hydroxylation is 3. The van der Waals surface area contributed by atoms with Crippen LogP contribution in [0, 0.1) is 6.92 Å². The van der Waals surface area contributed by atoms with Gasteiger partial charge in [-0.15, -0.1) is 0 Å². The summed E-state index contributed by atoms with van der Waals surface area (Å²) in [6, 6.07) is 4.54. The molecule has 1 aliphatic carbocycles. The number of morpholine rings is 1. The van der Waals surface area contributed by atoms with Gasteiger partial charge >= 0.3 is 0 Å². The molecule has 0 bridgehead atoms. The second kappa shape index (κ2) is 8.12. The van der Waals surface area contributed by atoms with Crippen molar-refractivity contribution in [3.8, 4) is 17.1 Å². The molecule has 0 spiro atoms. The van der Waals surface area contributed by atoms with Gasteiger partial charge in [-0.05, 0) is 36.5 Å². The SMILES string of the molecule is COc1cc2c(cc1CN1CCOC(c3ncncc3-c3noc(C)n3)C1)CCC2. The maximum Gasteiger partial charge on any atom is 0.223 e. The summed E-state index contributed by atoms with van der Waals surface area (Å²) in [5, 5.41) is 4.03. The minimum Gasteiger partial charge on any atom is -0.496 e. The molecule has 1 unspecified atom stereocenters. The molecule has 2 aliphatic rings. The van der Waals surface area contributed by atoms with Crippen molar-refractivity contribution in [1.82, 2.24) is 25.0 Å². The number of nitrogens with zero attached hydrogens (tertiary/aromatic N) is 5. The van der Waals surface area contributed by atoms with Crippen LogP contribution in [0.25, 0.3) is 11.4 Å². The highest BCUT2D eigenvalue weighted by atomic mass is 16.5. The predicted molar refractivity (Wildman–Crippen MR) is 109 cm³/mol. The lowest BCUT2D eigenvalue weighted by molar-refractivity contribution is -0.0349. The lowest BCUT2D eigenvalue weighted by Crippen LogP contribution is -2.38. The summed E-state index contributed by atoms with van der Waals surface area (Å²) in [6.07, 6.45) is 6.62. The fraction of sp³-hybridized carbons (Fsp3) is 0.455. The van der Waals surface area contributed by atoms with Crippen LogP contribution in [0.15, 0.2) is 29.2 Å². The number of rotatable bonds is 5. The fourth-order valence-corrected chi connectivity index (χ4v) is 4.40. The quantitative estimate of drug-likeness (QED) is 0.638. The predicted octanol–water partition coefficient (Wildman–Crippen LogP) is 2.91. The zero-order valence-electron chi connectivity index (χ0n) is 17.3. The second-order valence-electron chi connectivity index (χ2n) is 7.84. The molecule has 2 aromatic heterocycles. The van der Waals surface area contributed by atoms with E-state index in [0.29, 0.717) is 18.3 Å². The lowest BCUT2D eigenvalue weighted by Gasteiger charge is -2.33. The van der Waals surface area contributed by atoms with Crippen molar-refractivity contribution >= 4 is 0 Å². The molecule has 3 aromatic rings. The normalized spacial score (nSPS) is 19.1. The van der Waals surface area contributed by atoms with Gasteiger partial charge in [0.1, 0.15) is 18.2 Å². The molecule has 1 aliphatic heterocycles. The Labute approximate surface area is 175 Å². The molecule has 1 aromatic carbocycles. The Bertz CT molecular complexity index is 1050. The van der Waals surface area contributed by atoms with Crippen molar-refractivity contribution in [2.75, 3.05) is 26.8 Å². The Kier molecular flexibility index (Phi) is 5.18. The van der Waals surface area contributed by atoms with E-state index in [-0.39, 0.29) is 6.10 Å². The van der Waals surface area contributed by atoms with Crippen LogP contribution in [-0.4, -0.2) is 51.8 Å². The molecule has 0 amide bonds. The van der Waals surface area contributed by atoms with Crippen LogP contribution in [0.1, 0.15) is 40.8 Å². The van der Waals surface area contributed by atoms with E-state index in [2.05, 4.69) is 37.1 Å². The molecule has 1 atom stereocenters. The fourth-order valence-electron chi connectivity index (χ4n) is 4.40. The van der Waals surface area contributed by atoms with E-state index in [1.54, 1.807) is 20.2 Å². The third-order valence-electron chi connectivity index (χ3n) is 5.86. The van der Waals surface area contributed by atoms with Gasteiger partial charge in [-0.1, -0.05) is 11.2 Å². The third kappa shape index (κ3) is 3.68. The highest BCUT2D eigenvalue weighted by molar-refractivity contribution is 5.56. The number of aromatic nitrogens is 4. The summed E-state index contributed by atoms with van der Waals surface area (Å²) in [6.45, 7) is 4.80. The number of hydrogen-bond donors (Lipinski definition) is 0. The summed E-state index contributed by atoms with van der Waals surface area (Å²) in [7, 11) is 1.75. The average molecular weight is 407 g/mol. The summed E-state index contributed by atoms with van der Waals surface area (Å²) in [5.41, 5.74) is 5.65. The van der Waals surface area contributed by atoms with Gasteiger partial charge in [0.2, 0.25) is 11.7 Å². The number of fused-ring (bicyclic) bond motifs is 1. The van der Waals surface area contributed by atoms with Gasteiger partial charge in [0.05, 0.1) is 25.0 Å². The van der Waals surface area contributed by atoms with Crippen LogP contribution in [0.2, 0.25) is 0 Å². The molecule has 0 saturated carbocycles. The number of methoxy groups -OCH3 is 1. The maximum atomic E-state index is 6.08. The monoisotopic (exact) mass is 407 g/mol. The molecule has 8 heteroatoms. The van der Waals surface area contributed by atoms with Crippen LogP contribution in [0.4, 0.5) is 0 Å². The summed E-state index contributed by atoms with van der Waals surface area (Å²) in [4.78, 5) is 15.4. The average Bonchev–Trinajstić information content (AvgIpc) is 3.41. The molecule has 8 nitrogen and oxygen atoms in total. The van der Waals surface area contributed by atoms with Crippen molar-refractivity contribution in [3.05, 3.63) is 52.9 Å². The number of benzene rings is 1. The Morgan fingerprint density at radius 2 is 2.10 bits per heavy atom. The van der Waals surface area contributed by atoms with Crippen molar-refractivity contribution in [2.24, 2.45) is 0 Å². The Hall–Kier alpha value is -2.84. The molecule has 0 N–H and O–H groups in total. The summed E-state index contributed by atoms with van der Waals surface area (Å²) >= 11 is 0. The zero-order valence-corrected chi connectivity index (χ0v) is 17.3. The Balaban J connectivity index is 1.38. The first-order chi connectivity index (χ1) is 14.7. The van der Waals surface area contributed by atoms with Gasteiger partial charge in [0, 0.05) is 38.3 Å². The number of ether oxygens (including phenoxy) is 2. The topological polar surface area (TPSA) is 86.4 Å². The van der Waals surface area contributed by atoms with E-state index in [1.807, 2.05) is 0 Å². The van der Waals surface area contributed by atoms with E-state index in [4.69, 9.17) is 14.0 Å². The van der Waals surface area contributed by atoms with E-state index in [1.165, 1.54) is 29.4 Å². The molecule has 1 fully saturated rings. The molecular weight excluding hydrogens is 382 g/mol. The molecule has 3 heterocycles. The van der Waals surface area contributed by atoms with E-state index >= 15 is 0 Å². The van der Waals surface area contributed by atoms with E-state index in [9.17, 15) is 0 Å². The van der Waals surface area contributed by atoms with Gasteiger partial charge in [-0.2, -0.15) is 4.98 Å². The molecule has 0 radical (unpaired) electrons. The minimum atomic E-state index is -0.184. The first-order valence-electron chi connectivity index (χ1n) is 10.3. The standard InChI is InChI=1S/C22H25N5O3/c1-14-25-22(26-30-14)18-10-23-13-24-21(18)20-12-27(6-7-29-20)11-17-8-15-4-3-5-16(15)9-19(17)28-2/h8-10,13,20H,3-7,11-12H2,1-2H3. The zero-order chi connectivity index (χ0) is 20.5. The highest BCUT2D eigenvalue weighted by Gasteiger charge is 2.28. The van der Waals surface area contributed by atoms with Gasteiger partial charge < -0.3 is 14.0 Å². The molecule has 156 valence electrons. The first-order valence-corrected chi connectivity index (χ1v) is 10.3. The number of hydrogen-bond acceptors (Lipinski definition) is 8. The van der Waals surface area contributed by atoms with Crippen LogP contribution < -0.4 is 4.74 Å². The van der Waals surface area contributed by atoms with E-state index < -0.39 is 0 Å². The Morgan fingerprint density at radius 1 is 1.23 bits per heavy atom. The first kappa shape index (κ1) is 19.1. The van der Waals surface area contributed by atoms with Crippen molar-refractivity contribution in [3.63, 3.8) is 0 Å². The molecule has 5 rings (SSSR count). The van der Waals surface area contributed by atoms with Crippen LogP contribution >= 0.6 is 0 Å². The summed E-state index contributed by atoms with van der Waals surface area (Å²) < 4.78 is 16.9. The summed E-state index contributed by atoms with van der Waals surface area (Å²) in [5.74, 6) is 1.97. The molecule has 1 saturated heterocycles. The van der Waals surface area contributed by atoms with Crippen LogP contribution in [-0.2, 0) is 24.1 Å². The lowest BCUT2D eigenvalue weighted by atomic mass is 10.0. The van der Waals surface area contributed by atoms with Gasteiger partial charge in [0.25, 0.3) is 0 Å². The van der Waals surface area contributed by atoms with Crippen molar-refractivity contribution in [2.45, 2.75) is 38.8 Å². The van der Waals surface area contributed by atoms with E-state index in [0.717, 1.165) is 49.5 Å². The smallest absolute Gasteiger partial charge is 0.223 e. The third-order valence-corrected chi connectivity index (χ3v) is 5.86. The van der Waals surface area contributed by atoms with Crippen molar-refractivity contribution in [1.29, 1.82) is 0 Å². The van der Waals surface area contributed by atoms with Crippen LogP contribution in [0.5, 0.6) is 5.75 Å². The minimum absolute atomic E-state index is 0.184. The molecule has 30 heavy (non-hydrogen) atoms. The second-order valence-corrected chi connectivity index (χ2v) is 7.84. The van der Waals surface area contributed by atoms with Gasteiger partial charge in [0.15, 0.2) is 0 Å². The van der Waals surface area contributed by atoms with Crippen molar-refractivity contribution < 1.29 is 14.0 Å². The van der Waals surface area contributed by atoms with Gasteiger partial charge in [-0.3, -0.25) is 4.90 Å². The highest BCUT2D eigenvalue weighted by Crippen LogP contribution is 2.33. The van der Waals surface area contributed by atoms with Crippen LogP contribution in [0.3, 0.4) is 0 Å².